The van der Waals surface area contributed by atoms with E-state index in [9.17, 15) is 19.5 Å². The van der Waals surface area contributed by atoms with Crippen LogP contribution in [0.2, 0.25) is 0 Å². The molecule has 10 nitrogen and oxygen atoms in total. The quantitative estimate of drug-likeness (QED) is 0.226. The minimum atomic E-state index is -0.404. The van der Waals surface area contributed by atoms with Crippen molar-refractivity contribution < 1.29 is 33.7 Å². The summed E-state index contributed by atoms with van der Waals surface area (Å²) in [7, 11) is 0. The molecular weight excluding hydrogens is 514 g/mol. The molecule has 0 bridgehead atoms. The number of carbonyl (C=O) groups is 3. The highest BCUT2D eigenvalue weighted by molar-refractivity contribution is 5.72. The zero-order valence-electron chi connectivity index (χ0n) is 24.5. The molecule has 4 fully saturated rings. The minimum absolute atomic E-state index is 0.0861. The van der Waals surface area contributed by atoms with Gasteiger partial charge in [-0.05, 0) is 92.8 Å². The van der Waals surface area contributed by atoms with Gasteiger partial charge in [-0.3, -0.25) is 14.4 Å². The van der Waals surface area contributed by atoms with Gasteiger partial charge in [0.15, 0.2) is 0 Å². The molecule has 0 unspecified atom stereocenters. The summed E-state index contributed by atoms with van der Waals surface area (Å²) < 4.78 is 18.0. The fraction of sp³-hybridized carbons (Fsp3) is 0.900. The molecule has 4 saturated carbocycles. The number of hydrogen-bond acceptors (Lipinski definition) is 10. The molecule has 11 atom stereocenters. The van der Waals surface area contributed by atoms with Crippen molar-refractivity contribution in [2.75, 3.05) is 26.2 Å². The third-order valence-electron chi connectivity index (χ3n) is 11.6. The zero-order valence-corrected chi connectivity index (χ0v) is 24.5. The highest BCUT2D eigenvalue weighted by Crippen LogP contribution is 2.69. The topological polar surface area (TPSA) is 177 Å². The molecule has 0 saturated heterocycles. The Hall–Kier alpha value is -1.75. The fourth-order valence-electron chi connectivity index (χ4n) is 9.74. The monoisotopic (exact) mass is 565 g/mol. The summed E-state index contributed by atoms with van der Waals surface area (Å²) in [4.78, 5) is 37.3. The van der Waals surface area contributed by atoms with Crippen LogP contribution in [0.4, 0.5) is 0 Å². The van der Waals surface area contributed by atoms with Crippen LogP contribution in [0.5, 0.6) is 0 Å². The second kappa shape index (κ2) is 12.6. The first-order valence-corrected chi connectivity index (χ1v) is 15.3. The normalized spacial score (nSPS) is 41.2. The number of esters is 3. The van der Waals surface area contributed by atoms with E-state index in [1.807, 2.05) is 0 Å². The maximum atomic E-state index is 12.7. The maximum absolute atomic E-state index is 12.7. The molecule has 228 valence electrons. The van der Waals surface area contributed by atoms with Crippen LogP contribution >= 0.6 is 0 Å². The molecule has 10 heteroatoms. The average Bonchev–Trinajstić information content (AvgIpc) is 3.30. The molecule has 4 aliphatic carbocycles. The Kier molecular flexibility index (Phi) is 9.85. The molecule has 40 heavy (non-hydrogen) atoms. The molecule has 0 aromatic rings. The molecule has 7 N–H and O–H groups in total. The van der Waals surface area contributed by atoms with E-state index < -0.39 is 17.9 Å². The van der Waals surface area contributed by atoms with E-state index in [-0.39, 0.29) is 79.1 Å². The van der Waals surface area contributed by atoms with Crippen LogP contribution in [-0.2, 0) is 28.6 Å². The summed E-state index contributed by atoms with van der Waals surface area (Å²) in [5.41, 5.74) is 16.6. The third kappa shape index (κ3) is 5.65. The Morgan fingerprint density at radius 2 is 1.52 bits per heavy atom. The maximum Gasteiger partial charge on any atom is 0.319 e. The fourth-order valence-corrected chi connectivity index (χ4v) is 9.74. The number of hydrogen-bond donors (Lipinski definition) is 4. The average molecular weight is 566 g/mol. The lowest BCUT2D eigenvalue weighted by atomic mass is 9.43. The van der Waals surface area contributed by atoms with Crippen molar-refractivity contribution in [2.45, 2.75) is 96.9 Å². The predicted molar refractivity (Wildman–Crippen MR) is 148 cm³/mol. The van der Waals surface area contributed by atoms with Crippen LogP contribution in [0, 0.1) is 46.3 Å². The van der Waals surface area contributed by atoms with Gasteiger partial charge in [-0.25, -0.2) is 0 Å². The number of nitrogens with two attached hydrogens (primary N) is 3. The van der Waals surface area contributed by atoms with Crippen molar-refractivity contribution in [1.29, 1.82) is 0 Å². The van der Waals surface area contributed by atoms with E-state index in [0.717, 1.165) is 38.5 Å². The summed E-state index contributed by atoms with van der Waals surface area (Å²) in [6.45, 7) is 6.52. The van der Waals surface area contributed by atoms with E-state index in [1.54, 1.807) is 0 Å². The van der Waals surface area contributed by atoms with Crippen molar-refractivity contribution in [1.82, 2.24) is 0 Å². The standard InChI is InChI=1S/C30H51N3O7/c1-17(5-4-10-34)20-6-7-21-28-22(13-24(30(20,21)3)40-27(37)16-33)29(2)9-8-19(38-25(35)14-31)11-18(29)12-23(28)39-26(36)15-32/h17-24,28,34H,4-16,31-33H2,1-3H3/t17-,18+,19-,20-,21+,22+,23-,24+,28+,29+,30-/m1/s1. The van der Waals surface area contributed by atoms with Gasteiger partial charge in [0.1, 0.15) is 18.3 Å². The van der Waals surface area contributed by atoms with Crippen LogP contribution in [0.25, 0.3) is 0 Å². The summed E-state index contributed by atoms with van der Waals surface area (Å²) >= 11 is 0. The Balaban J connectivity index is 1.72. The van der Waals surface area contributed by atoms with Crippen LogP contribution in [0.3, 0.4) is 0 Å². The van der Waals surface area contributed by atoms with Gasteiger partial charge in [0.25, 0.3) is 0 Å². The number of aliphatic hydroxyl groups is 1. The Labute approximate surface area is 238 Å². The molecule has 0 aromatic carbocycles. The third-order valence-corrected chi connectivity index (χ3v) is 11.6. The van der Waals surface area contributed by atoms with E-state index in [4.69, 9.17) is 31.4 Å². The van der Waals surface area contributed by atoms with Crippen LogP contribution < -0.4 is 17.2 Å². The lowest BCUT2D eigenvalue weighted by Gasteiger charge is -2.64. The van der Waals surface area contributed by atoms with Gasteiger partial charge < -0.3 is 36.5 Å². The number of aliphatic hydroxyl groups excluding tert-OH is 1. The van der Waals surface area contributed by atoms with E-state index in [0.29, 0.717) is 31.1 Å². The SMILES string of the molecule is C[C@H](CCCO)[C@H]1CC[C@H]2[C@@H]3[C@H](OC(=O)CN)C[C@@H]4C[C@H](OC(=O)CN)CC[C@]4(C)[C@H]3C[C@H](OC(=O)CN)[C@]12C. The van der Waals surface area contributed by atoms with Gasteiger partial charge in [-0.1, -0.05) is 20.8 Å². The van der Waals surface area contributed by atoms with Crippen molar-refractivity contribution >= 4 is 17.9 Å². The largest absolute Gasteiger partial charge is 0.461 e. The van der Waals surface area contributed by atoms with Crippen molar-refractivity contribution in [3.05, 3.63) is 0 Å². The molecule has 4 rings (SSSR count). The van der Waals surface area contributed by atoms with E-state index >= 15 is 0 Å². The number of rotatable bonds is 10. The van der Waals surface area contributed by atoms with E-state index in [1.165, 1.54) is 0 Å². The van der Waals surface area contributed by atoms with Crippen molar-refractivity contribution in [2.24, 2.45) is 63.5 Å². The first-order chi connectivity index (χ1) is 19.0. The number of ether oxygens (including phenoxy) is 3. The van der Waals surface area contributed by atoms with Gasteiger partial charge in [-0.15, -0.1) is 0 Å². The molecular formula is C30H51N3O7. The molecule has 0 radical (unpaired) electrons. The van der Waals surface area contributed by atoms with Gasteiger partial charge in [0, 0.05) is 17.9 Å². The van der Waals surface area contributed by atoms with Crippen LogP contribution in [0.1, 0.15) is 78.6 Å². The number of fused-ring (bicyclic) bond motifs is 5. The second-order valence-corrected chi connectivity index (χ2v) is 13.4. The molecule has 0 aliphatic heterocycles. The summed E-state index contributed by atoms with van der Waals surface area (Å²) in [6.07, 6.45) is 6.51. The van der Waals surface area contributed by atoms with Gasteiger partial charge in [0.05, 0.1) is 19.6 Å². The molecule has 4 aliphatic rings. The number of carbonyl (C=O) groups excluding carboxylic acids is 3. The Morgan fingerprint density at radius 1 is 0.875 bits per heavy atom. The van der Waals surface area contributed by atoms with Crippen molar-refractivity contribution in [3.63, 3.8) is 0 Å². The minimum Gasteiger partial charge on any atom is -0.461 e. The van der Waals surface area contributed by atoms with Gasteiger partial charge >= 0.3 is 17.9 Å². The second-order valence-electron chi connectivity index (χ2n) is 13.4. The smallest absolute Gasteiger partial charge is 0.319 e. The lowest BCUT2D eigenvalue weighted by molar-refractivity contribution is -0.225. The first-order valence-electron chi connectivity index (χ1n) is 15.3. The van der Waals surface area contributed by atoms with Crippen LogP contribution in [0.15, 0.2) is 0 Å². The zero-order chi connectivity index (χ0) is 29.2. The lowest BCUT2D eigenvalue weighted by Crippen LogP contribution is -2.63. The van der Waals surface area contributed by atoms with Crippen LogP contribution in [-0.4, -0.2) is 67.6 Å². The molecule has 0 aromatic heterocycles. The molecule has 0 heterocycles. The summed E-state index contributed by atoms with van der Waals surface area (Å²) in [5, 5.41) is 9.50. The predicted octanol–water partition coefficient (Wildman–Crippen LogP) is 1.89. The first kappa shape index (κ1) is 31.2. The Morgan fingerprint density at radius 3 is 2.17 bits per heavy atom. The van der Waals surface area contributed by atoms with E-state index in [2.05, 4.69) is 20.8 Å². The molecule has 0 spiro atoms. The van der Waals surface area contributed by atoms with Gasteiger partial charge in [-0.2, -0.15) is 0 Å². The van der Waals surface area contributed by atoms with Crippen molar-refractivity contribution in [3.8, 4) is 0 Å². The highest BCUT2D eigenvalue weighted by Gasteiger charge is 2.67. The van der Waals surface area contributed by atoms with Gasteiger partial charge in [0.2, 0.25) is 0 Å². The Bertz CT molecular complexity index is 933. The summed E-state index contributed by atoms with van der Waals surface area (Å²) in [5.74, 6) is 0.111. The summed E-state index contributed by atoms with van der Waals surface area (Å²) in [6, 6.07) is 0. The highest BCUT2D eigenvalue weighted by atomic mass is 16.6. The molecule has 0 amide bonds.